The average molecular weight is 302 g/mol. The molecule has 0 aromatic carbocycles. The first kappa shape index (κ1) is 16.9. The third-order valence-electron chi connectivity index (χ3n) is 3.52. The molecule has 1 rings (SSSR count). The lowest BCUT2D eigenvalue weighted by Gasteiger charge is -2.53. The molecular weight excluding hydrogens is 274 g/mol. The molecule has 1 saturated heterocycles. The molecule has 0 N–H and O–H groups in total. The van der Waals surface area contributed by atoms with Gasteiger partial charge in [-0.3, -0.25) is 0 Å². The van der Waals surface area contributed by atoms with E-state index in [0.29, 0.717) is 10.8 Å². The van der Waals surface area contributed by atoms with Crippen molar-refractivity contribution < 1.29 is 21.5 Å². The van der Waals surface area contributed by atoms with E-state index < -0.39 is 0 Å². The number of nitrogens with zero attached hydrogens (tertiary/aromatic N) is 1. The Labute approximate surface area is 118 Å². The maximum Gasteiger partial charge on any atom is 0.0973 e. The monoisotopic (exact) mass is 301 g/mol. The number of likely N-dealkylation sites (tertiary alicyclic amines) is 1. The highest BCUT2D eigenvalue weighted by molar-refractivity contribution is 4.87. The highest BCUT2D eigenvalue weighted by atomic mass is 79.9. The van der Waals surface area contributed by atoms with Crippen molar-refractivity contribution in [1.29, 1.82) is 0 Å². The number of piperidine rings is 1. The largest absolute Gasteiger partial charge is 1.00 e. The van der Waals surface area contributed by atoms with Crippen molar-refractivity contribution in [3.05, 3.63) is 25.3 Å². The normalized spacial score (nSPS) is 24.5. The molecule has 1 aliphatic heterocycles. The number of halogens is 1. The molecule has 0 atom stereocenters. The molecule has 2 heteroatoms. The van der Waals surface area contributed by atoms with E-state index in [9.17, 15) is 0 Å². The van der Waals surface area contributed by atoms with E-state index in [0.717, 1.165) is 17.6 Å². The molecule has 0 aromatic heterocycles. The van der Waals surface area contributed by atoms with E-state index in [1.807, 2.05) is 0 Å². The molecule has 1 nitrogen and oxygen atoms in total. The lowest BCUT2D eigenvalue weighted by molar-refractivity contribution is -0.935. The molecule has 0 spiro atoms. The standard InChI is InChI=1S/C15H28N.BrH/c1-7-9-16(10-8-2)12-14(3,4)11-15(5,6)13-16;/h7-8H,1-2,9-13H2,3-6H3;1H/q+1;/p-1. The summed E-state index contributed by atoms with van der Waals surface area (Å²) in [6.45, 7) is 22.1. The zero-order valence-corrected chi connectivity index (χ0v) is 13.5. The zero-order chi connectivity index (χ0) is 12.4. The van der Waals surface area contributed by atoms with Crippen molar-refractivity contribution in [2.45, 2.75) is 34.1 Å². The van der Waals surface area contributed by atoms with Crippen LogP contribution in [0.1, 0.15) is 34.1 Å². The minimum atomic E-state index is 0. The first-order chi connectivity index (χ1) is 7.24. The van der Waals surface area contributed by atoms with Gasteiger partial charge in [0, 0.05) is 10.8 Å². The Morgan fingerprint density at radius 2 is 1.29 bits per heavy atom. The van der Waals surface area contributed by atoms with Gasteiger partial charge in [-0.15, -0.1) is 0 Å². The summed E-state index contributed by atoms with van der Waals surface area (Å²) in [4.78, 5) is 0. The van der Waals surface area contributed by atoms with Crippen molar-refractivity contribution in [2.24, 2.45) is 10.8 Å². The molecule has 17 heavy (non-hydrogen) atoms. The Kier molecular flexibility index (Phi) is 5.68. The Morgan fingerprint density at radius 3 is 1.59 bits per heavy atom. The lowest BCUT2D eigenvalue weighted by Crippen LogP contribution is -3.00. The third-order valence-corrected chi connectivity index (χ3v) is 3.52. The van der Waals surface area contributed by atoms with Gasteiger partial charge in [0.1, 0.15) is 0 Å². The van der Waals surface area contributed by atoms with E-state index in [2.05, 4.69) is 53.0 Å². The first-order valence-corrected chi connectivity index (χ1v) is 6.31. The maximum atomic E-state index is 3.93. The molecule has 0 aliphatic carbocycles. The summed E-state index contributed by atoms with van der Waals surface area (Å²) >= 11 is 0. The zero-order valence-electron chi connectivity index (χ0n) is 11.9. The van der Waals surface area contributed by atoms with Gasteiger partial charge in [-0.05, 0) is 18.6 Å². The minimum Gasteiger partial charge on any atom is -1.00 e. The summed E-state index contributed by atoms with van der Waals surface area (Å²) in [5.74, 6) is 0. The Hall–Kier alpha value is -0.0800. The van der Waals surface area contributed by atoms with Crippen LogP contribution in [0.4, 0.5) is 0 Å². The van der Waals surface area contributed by atoms with Crippen molar-refractivity contribution in [3.63, 3.8) is 0 Å². The van der Waals surface area contributed by atoms with E-state index >= 15 is 0 Å². The van der Waals surface area contributed by atoms with Crippen LogP contribution in [0, 0.1) is 10.8 Å². The van der Waals surface area contributed by atoms with Gasteiger partial charge in [-0.1, -0.05) is 40.9 Å². The first-order valence-electron chi connectivity index (χ1n) is 6.31. The van der Waals surface area contributed by atoms with Gasteiger partial charge in [-0.2, -0.15) is 0 Å². The number of quaternary nitrogens is 1. The van der Waals surface area contributed by atoms with Crippen LogP contribution < -0.4 is 17.0 Å². The number of hydrogen-bond donors (Lipinski definition) is 0. The van der Waals surface area contributed by atoms with Crippen LogP contribution in [-0.4, -0.2) is 30.7 Å². The second-order valence-corrected chi connectivity index (χ2v) is 7.11. The van der Waals surface area contributed by atoms with Gasteiger partial charge in [-0.25, -0.2) is 0 Å². The van der Waals surface area contributed by atoms with Crippen LogP contribution in [0.15, 0.2) is 25.3 Å². The highest BCUT2D eigenvalue weighted by Crippen LogP contribution is 2.43. The second-order valence-electron chi connectivity index (χ2n) is 7.11. The van der Waals surface area contributed by atoms with Crippen LogP contribution in [0.3, 0.4) is 0 Å². The fourth-order valence-electron chi connectivity index (χ4n) is 4.16. The van der Waals surface area contributed by atoms with E-state index in [-0.39, 0.29) is 17.0 Å². The Bertz CT molecular complexity index is 251. The fourth-order valence-corrected chi connectivity index (χ4v) is 4.16. The maximum absolute atomic E-state index is 3.93. The molecule has 1 fully saturated rings. The van der Waals surface area contributed by atoms with Gasteiger partial charge in [0.25, 0.3) is 0 Å². The van der Waals surface area contributed by atoms with Crippen molar-refractivity contribution >= 4 is 0 Å². The Balaban J connectivity index is 0.00000256. The second kappa shape index (κ2) is 5.71. The Morgan fingerprint density at radius 1 is 0.941 bits per heavy atom. The smallest absolute Gasteiger partial charge is 0.0973 e. The molecule has 0 bridgehead atoms. The van der Waals surface area contributed by atoms with Gasteiger partial charge < -0.3 is 21.5 Å². The summed E-state index contributed by atoms with van der Waals surface area (Å²) in [5.41, 5.74) is 0.849. The molecule has 1 heterocycles. The topological polar surface area (TPSA) is 0 Å². The number of hydrogen-bond acceptors (Lipinski definition) is 0. The molecular formula is C15H28BrN. The van der Waals surface area contributed by atoms with Gasteiger partial charge in [0.2, 0.25) is 0 Å². The molecule has 100 valence electrons. The van der Waals surface area contributed by atoms with Crippen molar-refractivity contribution in [3.8, 4) is 0 Å². The van der Waals surface area contributed by atoms with Crippen LogP contribution in [-0.2, 0) is 0 Å². The summed E-state index contributed by atoms with van der Waals surface area (Å²) in [6.07, 6.45) is 5.45. The summed E-state index contributed by atoms with van der Waals surface area (Å²) < 4.78 is 1.13. The molecule has 0 aromatic rings. The molecule has 1 aliphatic rings. The van der Waals surface area contributed by atoms with Crippen molar-refractivity contribution in [1.82, 2.24) is 0 Å². The third kappa shape index (κ3) is 4.59. The predicted molar refractivity (Wildman–Crippen MR) is 72.3 cm³/mol. The lowest BCUT2D eigenvalue weighted by atomic mass is 9.70. The summed E-state index contributed by atoms with van der Waals surface area (Å²) in [5, 5.41) is 0. The van der Waals surface area contributed by atoms with E-state index in [1.165, 1.54) is 19.5 Å². The molecule has 0 amide bonds. The molecule has 0 radical (unpaired) electrons. The van der Waals surface area contributed by atoms with Crippen molar-refractivity contribution in [2.75, 3.05) is 26.2 Å². The van der Waals surface area contributed by atoms with Gasteiger partial charge in [0.15, 0.2) is 0 Å². The predicted octanol–water partition coefficient (Wildman–Crippen LogP) is 0.635. The van der Waals surface area contributed by atoms with Gasteiger partial charge >= 0.3 is 0 Å². The molecule has 0 unspecified atom stereocenters. The summed E-state index contributed by atoms with van der Waals surface area (Å²) in [7, 11) is 0. The van der Waals surface area contributed by atoms with E-state index in [4.69, 9.17) is 0 Å². The van der Waals surface area contributed by atoms with Crippen LogP contribution >= 0.6 is 0 Å². The average Bonchev–Trinajstić information content (AvgIpc) is 1.97. The van der Waals surface area contributed by atoms with E-state index in [1.54, 1.807) is 0 Å². The van der Waals surface area contributed by atoms with Crippen LogP contribution in [0.25, 0.3) is 0 Å². The highest BCUT2D eigenvalue weighted by Gasteiger charge is 2.46. The quantitative estimate of drug-likeness (QED) is 0.528. The molecule has 0 saturated carbocycles. The van der Waals surface area contributed by atoms with Gasteiger partial charge in [0.05, 0.1) is 26.2 Å². The summed E-state index contributed by atoms with van der Waals surface area (Å²) in [6, 6.07) is 0. The van der Waals surface area contributed by atoms with Crippen LogP contribution in [0.2, 0.25) is 0 Å². The SMILES string of the molecule is C=CC[N+]1(CC=C)CC(C)(C)CC(C)(C)C1.[Br-]. The van der Waals surface area contributed by atoms with Crippen LogP contribution in [0.5, 0.6) is 0 Å². The number of rotatable bonds is 4. The minimum absolute atomic E-state index is 0. The fraction of sp³-hybridized carbons (Fsp3) is 0.733.